The Morgan fingerprint density at radius 2 is 1.78 bits per heavy atom. The number of carbonyl (C=O) groups is 2. The Kier molecular flexibility index (Phi) is 7.29. The molecule has 2 aromatic rings. The SMILES string of the molecule is COc1ccc(-c2nnc(NC(=O)[C@H](NC(=O)CC(C)C)C(C)C)s2)cc1. The van der Waals surface area contributed by atoms with Gasteiger partial charge in [-0.15, -0.1) is 10.2 Å². The molecule has 2 rings (SSSR count). The molecule has 8 heteroatoms. The molecule has 146 valence electrons. The molecule has 2 N–H and O–H groups in total. The third kappa shape index (κ3) is 6.02. The van der Waals surface area contributed by atoms with E-state index in [0.29, 0.717) is 16.6 Å². The molecule has 1 aromatic carbocycles. The Balaban J connectivity index is 2.04. The predicted molar refractivity (Wildman–Crippen MR) is 107 cm³/mol. The molecule has 0 saturated heterocycles. The molecule has 1 heterocycles. The van der Waals surface area contributed by atoms with E-state index in [1.165, 1.54) is 11.3 Å². The van der Waals surface area contributed by atoms with Gasteiger partial charge in [-0.25, -0.2) is 0 Å². The number of nitrogens with zero attached hydrogens (tertiary/aromatic N) is 2. The van der Waals surface area contributed by atoms with E-state index in [-0.39, 0.29) is 23.7 Å². The summed E-state index contributed by atoms with van der Waals surface area (Å²) in [7, 11) is 1.61. The average molecular weight is 391 g/mol. The molecule has 0 bridgehead atoms. The van der Waals surface area contributed by atoms with Gasteiger partial charge in [0.25, 0.3) is 0 Å². The van der Waals surface area contributed by atoms with Gasteiger partial charge in [0, 0.05) is 12.0 Å². The quantitative estimate of drug-likeness (QED) is 0.721. The minimum absolute atomic E-state index is 0.0462. The first-order chi connectivity index (χ1) is 12.8. The zero-order chi connectivity index (χ0) is 20.0. The number of hydrogen-bond donors (Lipinski definition) is 2. The van der Waals surface area contributed by atoms with Gasteiger partial charge in [0.05, 0.1) is 7.11 Å². The molecular formula is C19H26N4O3S. The lowest BCUT2D eigenvalue weighted by molar-refractivity contribution is -0.127. The zero-order valence-corrected chi connectivity index (χ0v) is 17.1. The van der Waals surface area contributed by atoms with Crippen LogP contribution in [0.1, 0.15) is 34.1 Å². The first kappa shape index (κ1) is 20.8. The highest BCUT2D eigenvalue weighted by molar-refractivity contribution is 7.18. The Labute approximate surface area is 163 Å². The first-order valence-electron chi connectivity index (χ1n) is 8.88. The molecule has 1 aromatic heterocycles. The van der Waals surface area contributed by atoms with Crippen LogP contribution in [0.4, 0.5) is 5.13 Å². The second-order valence-corrected chi connectivity index (χ2v) is 7.99. The number of anilines is 1. The van der Waals surface area contributed by atoms with Gasteiger partial charge in [-0.1, -0.05) is 39.0 Å². The molecule has 0 unspecified atom stereocenters. The topological polar surface area (TPSA) is 93.2 Å². The van der Waals surface area contributed by atoms with Gasteiger partial charge in [0.2, 0.25) is 16.9 Å². The maximum atomic E-state index is 12.6. The largest absolute Gasteiger partial charge is 0.497 e. The summed E-state index contributed by atoms with van der Waals surface area (Å²) in [5.74, 6) is 0.523. The van der Waals surface area contributed by atoms with Crippen LogP contribution in [0.25, 0.3) is 10.6 Å². The molecule has 0 fully saturated rings. The monoisotopic (exact) mass is 390 g/mol. The second-order valence-electron chi connectivity index (χ2n) is 7.02. The lowest BCUT2D eigenvalue weighted by atomic mass is 10.0. The molecule has 27 heavy (non-hydrogen) atoms. The van der Waals surface area contributed by atoms with Crippen LogP contribution in [0.2, 0.25) is 0 Å². The highest BCUT2D eigenvalue weighted by Crippen LogP contribution is 2.28. The third-order valence-electron chi connectivity index (χ3n) is 3.85. The van der Waals surface area contributed by atoms with E-state index in [1.54, 1.807) is 7.11 Å². The summed E-state index contributed by atoms with van der Waals surface area (Å²) in [5.41, 5.74) is 0.888. The average Bonchev–Trinajstić information content (AvgIpc) is 3.07. The summed E-state index contributed by atoms with van der Waals surface area (Å²) in [6, 6.07) is 6.83. The van der Waals surface area contributed by atoms with E-state index >= 15 is 0 Å². The van der Waals surface area contributed by atoms with Gasteiger partial charge in [-0.3, -0.25) is 14.9 Å². The highest BCUT2D eigenvalue weighted by atomic mass is 32.1. The molecular weight excluding hydrogens is 364 g/mol. The second kappa shape index (κ2) is 9.45. The van der Waals surface area contributed by atoms with Crippen molar-refractivity contribution >= 4 is 28.3 Å². The number of hydrogen-bond acceptors (Lipinski definition) is 6. The Morgan fingerprint density at radius 1 is 1.11 bits per heavy atom. The molecule has 0 spiro atoms. The van der Waals surface area contributed by atoms with Crippen LogP contribution in [-0.2, 0) is 9.59 Å². The molecule has 2 amide bonds. The fourth-order valence-electron chi connectivity index (χ4n) is 2.45. The smallest absolute Gasteiger partial charge is 0.249 e. The van der Waals surface area contributed by atoms with Crippen LogP contribution in [0, 0.1) is 11.8 Å². The lowest BCUT2D eigenvalue weighted by Gasteiger charge is -2.21. The summed E-state index contributed by atoms with van der Waals surface area (Å²) in [4.78, 5) is 24.6. The van der Waals surface area contributed by atoms with Crippen molar-refractivity contribution in [3.8, 4) is 16.3 Å². The number of ether oxygens (including phenoxy) is 1. The van der Waals surface area contributed by atoms with Crippen LogP contribution in [0.5, 0.6) is 5.75 Å². The number of methoxy groups -OCH3 is 1. The molecule has 0 radical (unpaired) electrons. The summed E-state index contributed by atoms with van der Waals surface area (Å²) in [5, 5.41) is 14.8. The van der Waals surface area contributed by atoms with E-state index in [2.05, 4.69) is 20.8 Å². The summed E-state index contributed by atoms with van der Waals surface area (Å²) < 4.78 is 5.14. The van der Waals surface area contributed by atoms with Gasteiger partial charge in [-0.05, 0) is 36.1 Å². The van der Waals surface area contributed by atoms with Crippen LogP contribution in [0.3, 0.4) is 0 Å². The molecule has 1 atom stereocenters. The number of carbonyl (C=O) groups excluding carboxylic acids is 2. The van der Waals surface area contributed by atoms with Crippen molar-refractivity contribution < 1.29 is 14.3 Å². The van der Waals surface area contributed by atoms with Crippen LogP contribution < -0.4 is 15.4 Å². The van der Waals surface area contributed by atoms with Gasteiger partial charge >= 0.3 is 0 Å². The first-order valence-corrected chi connectivity index (χ1v) is 9.70. The van der Waals surface area contributed by atoms with E-state index in [4.69, 9.17) is 4.74 Å². The highest BCUT2D eigenvalue weighted by Gasteiger charge is 2.25. The zero-order valence-electron chi connectivity index (χ0n) is 16.3. The Hall–Kier alpha value is -2.48. The number of benzene rings is 1. The van der Waals surface area contributed by atoms with E-state index < -0.39 is 6.04 Å². The van der Waals surface area contributed by atoms with E-state index in [1.807, 2.05) is 52.0 Å². The van der Waals surface area contributed by atoms with Gasteiger partial charge < -0.3 is 10.1 Å². The van der Waals surface area contributed by atoms with E-state index in [0.717, 1.165) is 11.3 Å². The maximum absolute atomic E-state index is 12.6. The van der Waals surface area contributed by atoms with Gasteiger partial charge in [0.15, 0.2) is 0 Å². The number of aromatic nitrogens is 2. The van der Waals surface area contributed by atoms with Crippen LogP contribution >= 0.6 is 11.3 Å². The summed E-state index contributed by atoms with van der Waals surface area (Å²) in [6.45, 7) is 7.71. The molecule has 0 aliphatic carbocycles. The van der Waals surface area contributed by atoms with Crippen molar-refractivity contribution in [1.82, 2.24) is 15.5 Å². The van der Waals surface area contributed by atoms with Crippen molar-refractivity contribution in [3.63, 3.8) is 0 Å². The summed E-state index contributed by atoms with van der Waals surface area (Å²) >= 11 is 1.28. The van der Waals surface area contributed by atoms with Crippen LogP contribution in [0.15, 0.2) is 24.3 Å². The molecule has 0 aliphatic heterocycles. The predicted octanol–water partition coefficient (Wildman–Crippen LogP) is 3.34. The van der Waals surface area contributed by atoms with Crippen LogP contribution in [-0.4, -0.2) is 35.2 Å². The minimum Gasteiger partial charge on any atom is -0.497 e. The van der Waals surface area contributed by atoms with Gasteiger partial charge in [0.1, 0.15) is 16.8 Å². The van der Waals surface area contributed by atoms with Crippen molar-refractivity contribution in [2.24, 2.45) is 11.8 Å². The minimum atomic E-state index is -0.621. The van der Waals surface area contributed by atoms with Crippen molar-refractivity contribution in [1.29, 1.82) is 0 Å². The molecule has 0 saturated carbocycles. The van der Waals surface area contributed by atoms with Gasteiger partial charge in [-0.2, -0.15) is 0 Å². The molecule has 0 aliphatic rings. The van der Waals surface area contributed by atoms with E-state index in [9.17, 15) is 9.59 Å². The Morgan fingerprint density at radius 3 is 2.33 bits per heavy atom. The van der Waals surface area contributed by atoms with Crippen molar-refractivity contribution in [2.45, 2.75) is 40.2 Å². The number of amides is 2. The lowest BCUT2D eigenvalue weighted by Crippen LogP contribution is -2.47. The van der Waals surface area contributed by atoms with Crippen molar-refractivity contribution in [2.75, 3.05) is 12.4 Å². The fourth-order valence-corrected chi connectivity index (χ4v) is 3.20. The fraction of sp³-hybridized carbons (Fsp3) is 0.474. The normalized spacial score (nSPS) is 12.1. The maximum Gasteiger partial charge on any atom is 0.249 e. The molecule has 7 nitrogen and oxygen atoms in total. The third-order valence-corrected chi connectivity index (χ3v) is 4.74. The number of nitrogens with one attached hydrogen (secondary N) is 2. The number of rotatable bonds is 8. The summed E-state index contributed by atoms with van der Waals surface area (Å²) in [6.07, 6.45) is 0.386. The Bertz CT molecular complexity index is 772. The standard InChI is InChI=1S/C19H26N4O3S/c1-11(2)10-15(24)20-16(12(3)4)17(25)21-19-23-22-18(27-19)13-6-8-14(26-5)9-7-13/h6-9,11-12,16H,10H2,1-5H3,(H,20,24)(H,21,23,25)/t16-/m1/s1. The van der Waals surface area contributed by atoms with Crippen molar-refractivity contribution in [3.05, 3.63) is 24.3 Å².